The fourth-order valence-electron chi connectivity index (χ4n) is 0.235. The van der Waals surface area contributed by atoms with Crippen LogP contribution < -0.4 is 0 Å². The maximum absolute atomic E-state index is 10.3. The van der Waals surface area contributed by atoms with Crippen molar-refractivity contribution in [2.75, 3.05) is 12.8 Å². The molecule has 0 saturated heterocycles. The zero-order chi connectivity index (χ0) is 5.70. The third-order valence-corrected chi connectivity index (χ3v) is 1.59. The van der Waals surface area contributed by atoms with E-state index in [1.54, 1.807) is 0 Å². The van der Waals surface area contributed by atoms with Gasteiger partial charge in [-0.15, -0.1) is 4.52 Å². The van der Waals surface area contributed by atoms with Gasteiger partial charge in [0.2, 0.25) is 0 Å². The van der Waals surface area contributed by atoms with E-state index < -0.39 is 8.03 Å². The van der Waals surface area contributed by atoms with Crippen molar-refractivity contribution < 1.29 is 50.8 Å². The average molecular weight is 261 g/mol. The SMILES string of the molecule is CCO[P+](=O)CC.[Ce]. The first-order chi connectivity index (χ1) is 3.31. The molecule has 0 aromatic heterocycles. The maximum atomic E-state index is 10.3. The van der Waals surface area contributed by atoms with E-state index in [0.29, 0.717) is 12.8 Å². The molecule has 0 N–H and O–H groups in total. The Hall–Kier alpha value is 1.44. The van der Waals surface area contributed by atoms with Crippen LogP contribution in [0.25, 0.3) is 0 Å². The summed E-state index contributed by atoms with van der Waals surface area (Å²) in [5.74, 6) is 0. The summed E-state index contributed by atoms with van der Waals surface area (Å²) in [7, 11) is -1.33. The molecule has 0 heterocycles. The van der Waals surface area contributed by atoms with E-state index in [1.807, 2.05) is 13.8 Å². The van der Waals surface area contributed by atoms with Crippen LogP contribution in [0.5, 0.6) is 0 Å². The van der Waals surface area contributed by atoms with Crippen LogP contribution >= 0.6 is 8.03 Å². The Balaban J connectivity index is 0. The van der Waals surface area contributed by atoms with Crippen molar-refractivity contribution in [3.8, 4) is 0 Å². The summed E-state index contributed by atoms with van der Waals surface area (Å²) in [4.78, 5) is 0. The van der Waals surface area contributed by atoms with Gasteiger partial charge >= 0.3 is 8.03 Å². The quantitative estimate of drug-likeness (QED) is 0.724. The van der Waals surface area contributed by atoms with E-state index in [4.69, 9.17) is 4.52 Å². The Morgan fingerprint density at radius 1 is 1.50 bits per heavy atom. The first-order valence-corrected chi connectivity index (χ1v) is 3.75. The molecule has 0 bridgehead atoms. The molecule has 2 nitrogen and oxygen atoms in total. The third-order valence-electron chi connectivity index (χ3n) is 0.531. The Labute approximate surface area is 84.6 Å². The van der Waals surface area contributed by atoms with Gasteiger partial charge in [-0.3, -0.25) is 0 Å². The molecule has 0 spiro atoms. The van der Waals surface area contributed by atoms with Crippen molar-refractivity contribution >= 4 is 8.03 Å². The summed E-state index contributed by atoms with van der Waals surface area (Å²) in [6.45, 7) is 4.24. The molecule has 0 saturated carbocycles. The monoisotopic (exact) mass is 261 g/mol. The standard InChI is InChI=1S/C4H10O2P.Ce/c1-3-6-7(5)4-2;/h3-4H2,1-2H3;/q+1;. The molecule has 1 atom stereocenters. The molecule has 0 fully saturated rings. The van der Waals surface area contributed by atoms with Gasteiger partial charge in [-0.25, -0.2) is 0 Å². The van der Waals surface area contributed by atoms with Crippen molar-refractivity contribution in [2.45, 2.75) is 13.8 Å². The van der Waals surface area contributed by atoms with E-state index in [2.05, 4.69) is 0 Å². The van der Waals surface area contributed by atoms with Crippen LogP contribution in [0.3, 0.4) is 0 Å². The van der Waals surface area contributed by atoms with Gasteiger partial charge in [0.1, 0.15) is 0 Å². The van der Waals surface area contributed by atoms with E-state index in [9.17, 15) is 4.57 Å². The molecule has 8 heavy (non-hydrogen) atoms. The summed E-state index contributed by atoms with van der Waals surface area (Å²) in [6, 6.07) is 0. The van der Waals surface area contributed by atoms with Crippen molar-refractivity contribution in [3.63, 3.8) is 0 Å². The maximum Gasteiger partial charge on any atom is 0.507 e. The molecule has 0 aliphatic carbocycles. The third kappa shape index (κ3) is 7.44. The predicted molar refractivity (Wildman–Crippen MR) is 29.8 cm³/mol. The molecule has 0 aliphatic heterocycles. The summed E-state index contributed by atoms with van der Waals surface area (Å²) in [5, 5.41) is 0. The van der Waals surface area contributed by atoms with Crippen LogP contribution in [-0.2, 0) is 9.09 Å². The summed E-state index contributed by atoms with van der Waals surface area (Å²) in [5.41, 5.74) is 0. The van der Waals surface area contributed by atoms with Crippen molar-refractivity contribution in [1.29, 1.82) is 0 Å². The largest absolute Gasteiger partial charge is 0.507 e. The topological polar surface area (TPSA) is 26.3 Å². The van der Waals surface area contributed by atoms with Gasteiger partial charge in [0.15, 0.2) is 6.16 Å². The molecule has 46 valence electrons. The van der Waals surface area contributed by atoms with Gasteiger partial charge in [0.25, 0.3) is 0 Å². The number of hydrogen-bond acceptors (Lipinski definition) is 2. The summed E-state index contributed by atoms with van der Waals surface area (Å²) < 4.78 is 15.0. The molecular formula is C4H10CeO2P+. The molecule has 0 aliphatic rings. The van der Waals surface area contributed by atoms with Crippen molar-refractivity contribution in [3.05, 3.63) is 0 Å². The molecular weight excluding hydrogens is 251 g/mol. The van der Waals surface area contributed by atoms with Crippen molar-refractivity contribution in [2.24, 2.45) is 0 Å². The van der Waals surface area contributed by atoms with Gasteiger partial charge in [-0.05, 0) is 18.4 Å². The fourth-order valence-corrected chi connectivity index (χ4v) is 0.706. The average Bonchev–Trinajstić information content (AvgIpc) is 1.68. The van der Waals surface area contributed by atoms with Gasteiger partial charge in [-0.2, -0.15) is 0 Å². The molecule has 0 rings (SSSR count). The first kappa shape index (κ1) is 12.1. The molecule has 0 aromatic carbocycles. The summed E-state index contributed by atoms with van der Waals surface area (Å²) in [6.07, 6.45) is 0.628. The van der Waals surface area contributed by atoms with E-state index in [-0.39, 0.29) is 41.7 Å². The summed E-state index contributed by atoms with van der Waals surface area (Å²) >= 11 is 0. The zero-order valence-corrected chi connectivity index (χ0v) is 9.21. The van der Waals surface area contributed by atoms with Crippen LogP contribution in [0.2, 0.25) is 0 Å². The Morgan fingerprint density at radius 2 is 2.00 bits per heavy atom. The second kappa shape index (κ2) is 8.44. The van der Waals surface area contributed by atoms with Crippen molar-refractivity contribution in [1.82, 2.24) is 0 Å². The smallest absolute Gasteiger partial charge is 0.147 e. The van der Waals surface area contributed by atoms with E-state index in [1.165, 1.54) is 0 Å². The Bertz CT molecular complexity index is 67.1. The van der Waals surface area contributed by atoms with Crippen LogP contribution in [0.1, 0.15) is 13.8 Å². The first-order valence-electron chi connectivity index (χ1n) is 2.38. The molecule has 0 amide bonds. The van der Waals surface area contributed by atoms with E-state index in [0.717, 1.165) is 0 Å². The van der Waals surface area contributed by atoms with Crippen LogP contribution in [-0.4, -0.2) is 12.8 Å². The van der Waals surface area contributed by atoms with Gasteiger partial charge in [0, 0.05) is 41.7 Å². The van der Waals surface area contributed by atoms with Gasteiger partial charge in [0.05, 0.1) is 6.61 Å². The number of hydrogen-bond donors (Lipinski definition) is 0. The Kier molecular flexibility index (Phi) is 12.8. The minimum atomic E-state index is -1.33. The molecule has 0 radical (unpaired) electrons. The minimum Gasteiger partial charge on any atom is -0.147 e. The van der Waals surface area contributed by atoms with Crippen LogP contribution in [0.4, 0.5) is 0 Å². The van der Waals surface area contributed by atoms with E-state index >= 15 is 0 Å². The molecule has 0 aromatic rings. The zero-order valence-electron chi connectivity index (χ0n) is 5.18. The fraction of sp³-hybridized carbons (Fsp3) is 1.00. The Morgan fingerprint density at radius 3 is 2.12 bits per heavy atom. The normalized spacial score (nSPS) is 10.0. The van der Waals surface area contributed by atoms with Gasteiger partial charge < -0.3 is 0 Å². The van der Waals surface area contributed by atoms with Gasteiger partial charge in [-0.1, -0.05) is 0 Å². The van der Waals surface area contributed by atoms with Crippen LogP contribution in [0, 0.1) is 41.7 Å². The second-order valence-corrected chi connectivity index (χ2v) is 2.62. The van der Waals surface area contributed by atoms with Crippen LogP contribution in [0.15, 0.2) is 0 Å². The second-order valence-electron chi connectivity index (χ2n) is 1.07. The molecule has 4 heteroatoms. The predicted octanol–water partition coefficient (Wildman–Crippen LogP) is 1.79. The minimum absolute atomic E-state index is 0. The number of rotatable bonds is 3. The molecule has 1 unspecified atom stereocenters.